The molecule has 0 saturated heterocycles. The van der Waals surface area contributed by atoms with Gasteiger partial charge in [-0.05, 0) is 6.07 Å². The maximum absolute atomic E-state index is 13.8. The van der Waals surface area contributed by atoms with E-state index in [0.717, 1.165) is 10.8 Å². The van der Waals surface area contributed by atoms with Gasteiger partial charge in [0, 0.05) is 31.1 Å². The Morgan fingerprint density at radius 1 is 1.32 bits per heavy atom. The summed E-state index contributed by atoms with van der Waals surface area (Å²) in [4.78, 5) is 39.2. The topological polar surface area (TPSA) is 115 Å². The lowest BCUT2D eigenvalue weighted by atomic mass is 10.2. The number of hydrogen-bond donors (Lipinski definition) is 2. The van der Waals surface area contributed by atoms with Crippen molar-refractivity contribution in [2.45, 2.75) is 11.7 Å². The van der Waals surface area contributed by atoms with Crippen LogP contribution >= 0.6 is 11.8 Å². The number of carbonyl (C=O) groups excluding carboxylic acids is 1. The monoisotopic (exact) mass is 404 g/mol. The van der Waals surface area contributed by atoms with Gasteiger partial charge in [0.2, 0.25) is 0 Å². The van der Waals surface area contributed by atoms with Crippen LogP contribution in [0, 0.1) is 5.82 Å². The predicted octanol–water partition coefficient (Wildman–Crippen LogP) is 0.375. The molecule has 2 N–H and O–H groups in total. The van der Waals surface area contributed by atoms with E-state index < -0.39 is 23.0 Å². The average Bonchev–Trinajstić information content (AvgIpc) is 3.08. The van der Waals surface area contributed by atoms with E-state index in [1.807, 2.05) is 0 Å². The second-order valence-corrected chi connectivity index (χ2v) is 6.88. The van der Waals surface area contributed by atoms with Crippen molar-refractivity contribution in [2.75, 3.05) is 12.3 Å². The van der Waals surface area contributed by atoms with Gasteiger partial charge in [0.25, 0.3) is 11.5 Å². The van der Waals surface area contributed by atoms with E-state index in [0.29, 0.717) is 10.9 Å². The Bertz CT molecular complexity index is 1110. The molecule has 0 spiro atoms. The van der Waals surface area contributed by atoms with Gasteiger partial charge in [0.1, 0.15) is 17.7 Å². The maximum Gasteiger partial charge on any atom is 0.328 e. The summed E-state index contributed by atoms with van der Waals surface area (Å²) >= 11 is 1.40. The largest absolute Gasteiger partial charge is 0.351 e. The molecule has 0 aliphatic heterocycles. The van der Waals surface area contributed by atoms with Gasteiger partial charge in [-0.2, -0.15) is 0 Å². The molecule has 28 heavy (non-hydrogen) atoms. The van der Waals surface area contributed by atoms with Crippen LogP contribution in [0.5, 0.6) is 0 Å². The summed E-state index contributed by atoms with van der Waals surface area (Å²) in [5.41, 5.74) is -1.56. The zero-order valence-electron chi connectivity index (χ0n) is 14.9. The molecular weight excluding hydrogens is 387 g/mol. The molecule has 0 radical (unpaired) electrons. The smallest absolute Gasteiger partial charge is 0.328 e. The minimum Gasteiger partial charge on any atom is -0.351 e. The summed E-state index contributed by atoms with van der Waals surface area (Å²) in [5.74, 6) is -0.642. The molecule has 146 valence electrons. The van der Waals surface area contributed by atoms with Gasteiger partial charge in [-0.15, -0.1) is 10.2 Å². The lowest BCUT2D eigenvalue weighted by Crippen LogP contribution is -2.41. The Morgan fingerprint density at radius 2 is 2.11 bits per heavy atom. The lowest BCUT2D eigenvalue weighted by molar-refractivity contribution is 0.0953. The first-order chi connectivity index (χ1) is 13.5. The zero-order chi connectivity index (χ0) is 20.1. The Kier molecular flexibility index (Phi) is 6.04. The van der Waals surface area contributed by atoms with Crippen LogP contribution in [-0.2, 0) is 13.6 Å². The molecule has 2 aromatic heterocycles. The third-order valence-corrected chi connectivity index (χ3v) is 4.92. The summed E-state index contributed by atoms with van der Waals surface area (Å²) in [6, 6.07) is 5.81. The first kappa shape index (κ1) is 19.5. The molecule has 0 aliphatic carbocycles. The van der Waals surface area contributed by atoms with Gasteiger partial charge in [0.05, 0.1) is 6.54 Å². The Labute approximate surface area is 162 Å². The van der Waals surface area contributed by atoms with Crippen molar-refractivity contribution < 1.29 is 9.18 Å². The number of hydrogen-bond acceptors (Lipinski definition) is 6. The Hall–Kier alpha value is -3.21. The number of nitrogens with one attached hydrogen (secondary N) is 2. The van der Waals surface area contributed by atoms with Crippen molar-refractivity contribution in [3.05, 3.63) is 74.6 Å². The van der Waals surface area contributed by atoms with Crippen molar-refractivity contribution in [2.24, 2.45) is 7.05 Å². The molecule has 0 atom stereocenters. The molecule has 9 nitrogen and oxygen atoms in total. The van der Waals surface area contributed by atoms with Crippen LogP contribution in [-0.4, -0.2) is 42.5 Å². The standard InChI is InChI=1S/C17H17FN6O3S/c1-23-10-21-22-17(23)28-7-6-19-14(25)12-8-20-16(27)24(15(12)26)9-11-4-2-3-5-13(11)18/h2-5,8,10H,6-7,9H2,1H3,(H,19,25)(H,20,27). The lowest BCUT2D eigenvalue weighted by Gasteiger charge is -2.08. The number of carbonyl (C=O) groups is 1. The molecule has 2 heterocycles. The molecular formula is C17H17FN6O3S. The van der Waals surface area contributed by atoms with Crippen LogP contribution < -0.4 is 16.6 Å². The number of thioether (sulfide) groups is 1. The van der Waals surface area contributed by atoms with Crippen molar-refractivity contribution in [3.63, 3.8) is 0 Å². The van der Waals surface area contributed by atoms with Crippen LogP contribution in [0.1, 0.15) is 15.9 Å². The first-order valence-corrected chi connectivity index (χ1v) is 9.27. The van der Waals surface area contributed by atoms with Crippen molar-refractivity contribution in [3.8, 4) is 0 Å². The molecule has 1 amide bonds. The quantitative estimate of drug-likeness (QED) is 0.435. The van der Waals surface area contributed by atoms with Crippen LogP contribution in [0.3, 0.4) is 0 Å². The van der Waals surface area contributed by atoms with Gasteiger partial charge < -0.3 is 14.9 Å². The molecule has 0 bridgehead atoms. The number of rotatable bonds is 7. The van der Waals surface area contributed by atoms with E-state index in [2.05, 4.69) is 20.5 Å². The van der Waals surface area contributed by atoms with E-state index in [1.54, 1.807) is 24.0 Å². The number of H-pyrrole nitrogens is 1. The minimum atomic E-state index is -0.787. The molecule has 0 saturated carbocycles. The number of amides is 1. The number of benzene rings is 1. The highest BCUT2D eigenvalue weighted by atomic mass is 32.2. The number of aryl methyl sites for hydroxylation is 1. The summed E-state index contributed by atoms with van der Waals surface area (Å²) in [6.07, 6.45) is 2.63. The van der Waals surface area contributed by atoms with Gasteiger partial charge in [-0.1, -0.05) is 30.0 Å². The summed E-state index contributed by atoms with van der Waals surface area (Å²) in [6.45, 7) is 0.00616. The summed E-state index contributed by atoms with van der Waals surface area (Å²) in [5, 5.41) is 11.0. The summed E-state index contributed by atoms with van der Waals surface area (Å²) in [7, 11) is 1.80. The zero-order valence-corrected chi connectivity index (χ0v) is 15.7. The minimum absolute atomic E-state index is 0.174. The molecule has 3 rings (SSSR count). The molecule has 1 aromatic carbocycles. The fourth-order valence-electron chi connectivity index (χ4n) is 2.42. The van der Waals surface area contributed by atoms with Crippen LogP contribution in [0.15, 0.2) is 51.5 Å². The Morgan fingerprint density at radius 3 is 2.82 bits per heavy atom. The molecule has 11 heteroatoms. The van der Waals surface area contributed by atoms with E-state index in [-0.39, 0.29) is 24.2 Å². The van der Waals surface area contributed by atoms with Gasteiger partial charge in [0.15, 0.2) is 5.16 Å². The fourth-order valence-corrected chi connectivity index (χ4v) is 3.16. The highest BCUT2D eigenvalue weighted by molar-refractivity contribution is 7.99. The number of aromatic amines is 1. The van der Waals surface area contributed by atoms with E-state index in [9.17, 15) is 18.8 Å². The van der Waals surface area contributed by atoms with Crippen molar-refractivity contribution in [1.82, 2.24) is 29.6 Å². The Balaban J connectivity index is 1.69. The van der Waals surface area contributed by atoms with E-state index >= 15 is 0 Å². The molecule has 0 unspecified atom stereocenters. The second-order valence-electron chi connectivity index (χ2n) is 5.82. The third-order valence-electron chi connectivity index (χ3n) is 3.88. The maximum atomic E-state index is 13.8. The number of aromatic nitrogens is 5. The fraction of sp³-hybridized carbons (Fsp3) is 0.235. The van der Waals surface area contributed by atoms with Crippen LogP contribution in [0.2, 0.25) is 0 Å². The second kappa shape index (κ2) is 8.65. The molecule has 3 aromatic rings. The number of nitrogens with zero attached hydrogens (tertiary/aromatic N) is 4. The van der Waals surface area contributed by atoms with Crippen LogP contribution in [0.25, 0.3) is 0 Å². The van der Waals surface area contributed by atoms with Gasteiger partial charge >= 0.3 is 5.69 Å². The first-order valence-electron chi connectivity index (χ1n) is 8.28. The molecule has 0 fully saturated rings. The molecule has 0 aliphatic rings. The predicted molar refractivity (Wildman–Crippen MR) is 101 cm³/mol. The highest BCUT2D eigenvalue weighted by Gasteiger charge is 2.15. The average molecular weight is 404 g/mol. The van der Waals surface area contributed by atoms with E-state index in [4.69, 9.17) is 0 Å². The van der Waals surface area contributed by atoms with Crippen LogP contribution in [0.4, 0.5) is 4.39 Å². The van der Waals surface area contributed by atoms with E-state index in [1.165, 1.54) is 30.0 Å². The summed E-state index contributed by atoms with van der Waals surface area (Å²) < 4.78 is 16.4. The normalized spacial score (nSPS) is 10.8. The number of halogens is 1. The third kappa shape index (κ3) is 4.36. The van der Waals surface area contributed by atoms with Gasteiger partial charge in [-0.25, -0.2) is 9.18 Å². The highest BCUT2D eigenvalue weighted by Crippen LogP contribution is 2.11. The van der Waals surface area contributed by atoms with Crippen molar-refractivity contribution >= 4 is 17.7 Å². The van der Waals surface area contributed by atoms with Gasteiger partial charge in [-0.3, -0.25) is 14.2 Å². The SMILES string of the molecule is Cn1cnnc1SCCNC(=O)c1c[nH]c(=O)n(Cc2ccccc2F)c1=O. The van der Waals surface area contributed by atoms with Crippen molar-refractivity contribution in [1.29, 1.82) is 0 Å².